The van der Waals surface area contributed by atoms with Crippen LogP contribution in [0.25, 0.3) is 0 Å². The number of benzene rings is 1. The van der Waals surface area contributed by atoms with Crippen LogP contribution in [0.1, 0.15) is 17.5 Å². The summed E-state index contributed by atoms with van der Waals surface area (Å²) in [5, 5.41) is 8.67. The summed E-state index contributed by atoms with van der Waals surface area (Å²) in [4.78, 5) is 0. The maximum atomic E-state index is 13.1. The van der Waals surface area contributed by atoms with E-state index in [0.29, 0.717) is 5.56 Å². The lowest BCUT2D eigenvalue weighted by molar-refractivity contribution is 0.296. The highest BCUT2D eigenvalue weighted by atomic mass is 32.2. The molecule has 17 heavy (non-hydrogen) atoms. The van der Waals surface area contributed by atoms with Gasteiger partial charge in [-0.1, -0.05) is 17.9 Å². The summed E-state index contributed by atoms with van der Waals surface area (Å²) in [7, 11) is 0. The van der Waals surface area contributed by atoms with Crippen LogP contribution < -0.4 is 5.73 Å². The second kappa shape index (κ2) is 8.13. The van der Waals surface area contributed by atoms with Crippen molar-refractivity contribution >= 4 is 11.8 Å². The predicted octanol–water partition coefficient (Wildman–Crippen LogP) is 1.75. The summed E-state index contributed by atoms with van der Waals surface area (Å²) in [5.74, 6) is 6.99. The minimum absolute atomic E-state index is 0.205. The van der Waals surface area contributed by atoms with E-state index in [4.69, 9.17) is 10.8 Å². The van der Waals surface area contributed by atoms with Crippen LogP contribution in [-0.2, 0) is 5.75 Å². The molecule has 0 unspecified atom stereocenters. The Morgan fingerprint density at radius 1 is 1.41 bits per heavy atom. The molecule has 0 heterocycles. The van der Waals surface area contributed by atoms with Gasteiger partial charge < -0.3 is 10.8 Å². The summed E-state index contributed by atoms with van der Waals surface area (Å²) in [6.45, 7) is 0.476. The number of hydrogen-bond donors (Lipinski definition) is 2. The largest absolute Gasteiger partial charge is 0.396 e. The van der Waals surface area contributed by atoms with Gasteiger partial charge in [-0.25, -0.2) is 4.39 Å². The van der Waals surface area contributed by atoms with Gasteiger partial charge in [0.25, 0.3) is 0 Å². The lowest BCUT2D eigenvalue weighted by Crippen LogP contribution is -1.95. The topological polar surface area (TPSA) is 46.2 Å². The molecule has 92 valence electrons. The molecule has 0 aliphatic heterocycles. The van der Waals surface area contributed by atoms with Crippen molar-refractivity contribution in [3.05, 3.63) is 35.1 Å². The normalized spacial score (nSPS) is 9.82. The molecule has 1 rings (SSSR count). The van der Waals surface area contributed by atoms with Crippen LogP contribution in [0, 0.1) is 17.7 Å². The average molecular weight is 253 g/mol. The summed E-state index contributed by atoms with van der Waals surface area (Å²) in [6.07, 6.45) is 0.773. The van der Waals surface area contributed by atoms with Gasteiger partial charge in [-0.15, -0.1) is 0 Å². The number of thioether (sulfide) groups is 1. The first-order chi connectivity index (χ1) is 8.27. The molecule has 0 saturated carbocycles. The minimum Gasteiger partial charge on any atom is -0.396 e. The predicted molar refractivity (Wildman–Crippen MR) is 70.2 cm³/mol. The Morgan fingerprint density at radius 3 is 2.94 bits per heavy atom. The van der Waals surface area contributed by atoms with Crippen LogP contribution >= 0.6 is 11.8 Å². The van der Waals surface area contributed by atoms with E-state index in [9.17, 15) is 4.39 Å². The van der Waals surface area contributed by atoms with Crippen molar-refractivity contribution < 1.29 is 9.50 Å². The molecule has 0 atom stereocenters. The van der Waals surface area contributed by atoms with Crippen LogP contribution in [0.2, 0.25) is 0 Å². The van der Waals surface area contributed by atoms with Gasteiger partial charge in [0.15, 0.2) is 0 Å². The summed E-state index contributed by atoms with van der Waals surface area (Å²) in [6, 6.07) is 4.63. The van der Waals surface area contributed by atoms with Gasteiger partial charge in [-0.3, -0.25) is 0 Å². The summed E-state index contributed by atoms with van der Waals surface area (Å²) in [5.41, 5.74) is 7.01. The molecule has 1 aromatic rings. The van der Waals surface area contributed by atoms with Crippen LogP contribution in [0.5, 0.6) is 0 Å². The molecule has 4 heteroatoms. The van der Waals surface area contributed by atoms with Crippen molar-refractivity contribution in [2.24, 2.45) is 5.73 Å². The maximum absolute atomic E-state index is 13.1. The second-order valence-electron chi connectivity index (χ2n) is 3.44. The molecule has 3 N–H and O–H groups in total. The van der Waals surface area contributed by atoms with Gasteiger partial charge in [-0.05, 0) is 29.9 Å². The lowest BCUT2D eigenvalue weighted by Gasteiger charge is -2.04. The third kappa shape index (κ3) is 5.22. The lowest BCUT2D eigenvalue weighted by atomic mass is 10.1. The number of halogens is 1. The fraction of sp³-hybridized carbons (Fsp3) is 0.385. The maximum Gasteiger partial charge on any atom is 0.124 e. The molecular formula is C13H16FNOS. The molecule has 0 aliphatic rings. The van der Waals surface area contributed by atoms with Gasteiger partial charge in [0.05, 0.1) is 6.54 Å². The van der Waals surface area contributed by atoms with E-state index in [0.717, 1.165) is 23.5 Å². The van der Waals surface area contributed by atoms with E-state index in [1.807, 2.05) is 0 Å². The van der Waals surface area contributed by atoms with Crippen molar-refractivity contribution in [1.82, 2.24) is 0 Å². The molecule has 0 radical (unpaired) electrons. The Balaban J connectivity index is 2.69. The van der Waals surface area contributed by atoms with Crippen molar-refractivity contribution in [2.45, 2.75) is 12.2 Å². The third-order valence-corrected chi connectivity index (χ3v) is 3.19. The van der Waals surface area contributed by atoms with Crippen molar-refractivity contribution in [3.63, 3.8) is 0 Å². The Morgan fingerprint density at radius 2 is 2.24 bits per heavy atom. The van der Waals surface area contributed by atoms with Gasteiger partial charge in [0.1, 0.15) is 5.82 Å². The van der Waals surface area contributed by atoms with Gasteiger partial charge in [0, 0.05) is 17.9 Å². The standard InChI is InChI=1S/C13H16FNOS/c14-13-5-4-12(10-17-8-2-7-16)11(9-13)3-1-6-15/h4-5,9,16H,2,6-8,10,15H2. The monoisotopic (exact) mass is 253 g/mol. The molecule has 0 spiro atoms. The van der Waals surface area contributed by atoms with Crippen LogP contribution in [-0.4, -0.2) is 24.0 Å². The number of aliphatic hydroxyl groups excluding tert-OH is 1. The van der Waals surface area contributed by atoms with Crippen LogP contribution in [0.3, 0.4) is 0 Å². The molecule has 1 aromatic carbocycles. The quantitative estimate of drug-likeness (QED) is 0.621. The van der Waals surface area contributed by atoms with E-state index in [-0.39, 0.29) is 19.0 Å². The zero-order chi connectivity index (χ0) is 12.5. The van der Waals surface area contributed by atoms with Crippen LogP contribution in [0.4, 0.5) is 4.39 Å². The molecule has 0 amide bonds. The highest BCUT2D eigenvalue weighted by Gasteiger charge is 2.02. The fourth-order valence-corrected chi connectivity index (χ4v) is 2.24. The van der Waals surface area contributed by atoms with E-state index in [1.165, 1.54) is 12.1 Å². The Bertz CT molecular complexity index is 412. The van der Waals surface area contributed by atoms with E-state index in [1.54, 1.807) is 17.8 Å². The average Bonchev–Trinajstić information content (AvgIpc) is 2.34. The Kier molecular flexibility index (Phi) is 6.71. The molecule has 0 saturated heterocycles. The third-order valence-electron chi connectivity index (χ3n) is 2.10. The van der Waals surface area contributed by atoms with Gasteiger partial charge in [-0.2, -0.15) is 11.8 Å². The SMILES string of the molecule is NCC#Cc1cc(F)ccc1CSCCCO. The smallest absolute Gasteiger partial charge is 0.124 e. The van der Waals surface area contributed by atoms with Crippen molar-refractivity contribution in [3.8, 4) is 11.8 Å². The Hall–Kier alpha value is -1.02. The Labute approximate surface area is 105 Å². The molecular weight excluding hydrogens is 237 g/mol. The number of nitrogens with two attached hydrogens (primary N) is 1. The first-order valence-corrected chi connectivity index (χ1v) is 6.59. The molecule has 2 nitrogen and oxygen atoms in total. The van der Waals surface area contributed by atoms with Crippen LogP contribution in [0.15, 0.2) is 18.2 Å². The number of rotatable bonds is 5. The number of hydrogen-bond acceptors (Lipinski definition) is 3. The van der Waals surface area contributed by atoms with E-state index >= 15 is 0 Å². The molecule has 0 aromatic heterocycles. The molecule has 0 fully saturated rings. The second-order valence-corrected chi connectivity index (χ2v) is 4.54. The fourth-order valence-electron chi connectivity index (χ4n) is 1.29. The van der Waals surface area contributed by atoms with E-state index < -0.39 is 0 Å². The number of aliphatic hydroxyl groups is 1. The summed E-state index contributed by atoms with van der Waals surface area (Å²) < 4.78 is 13.1. The zero-order valence-corrected chi connectivity index (χ0v) is 10.4. The first kappa shape index (κ1) is 14.0. The van der Waals surface area contributed by atoms with Gasteiger partial charge in [0.2, 0.25) is 0 Å². The summed E-state index contributed by atoms with van der Waals surface area (Å²) >= 11 is 1.70. The van der Waals surface area contributed by atoms with Crippen molar-refractivity contribution in [1.29, 1.82) is 0 Å². The molecule has 0 aliphatic carbocycles. The zero-order valence-electron chi connectivity index (χ0n) is 9.58. The van der Waals surface area contributed by atoms with Gasteiger partial charge >= 0.3 is 0 Å². The molecule has 0 bridgehead atoms. The highest BCUT2D eigenvalue weighted by Crippen LogP contribution is 2.17. The first-order valence-electron chi connectivity index (χ1n) is 5.44. The minimum atomic E-state index is -0.282. The van der Waals surface area contributed by atoms with E-state index in [2.05, 4.69) is 11.8 Å². The van der Waals surface area contributed by atoms with Crippen molar-refractivity contribution in [2.75, 3.05) is 18.9 Å². The highest BCUT2D eigenvalue weighted by molar-refractivity contribution is 7.98.